The summed E-state index contributed by atoms with van der Waals surface area (Å²) in [4.78, 5) is 0. The van der Waals surface area contributed by atoms with E-state index in [1.165, 1.54) is 75.4 Å². The molecule has 0 saturated heterocycles. The standard InChI is InChI=1S/C35H26O/c1-2-9-27-22(7-1)8-5-11-28(27)25-17-15-23-19-24-16-18-26(21-33(24)32(23)20-25)29-12-6-13-31-30-10-3-4-14-34(30)36-35(29)31/h3-6,8,10-18,20-21H,1-2,7,9,19H2. The Morgan fingerprint density at radius 1 is 0.500 bits per heavy atom. The van der Waals surface area contributed by atoms with Crippen molar-refractivity contribution < 1.29 is 4.42 Å². The van der Waals surface area contributed by atoms with Crippen LogP contribution in [0.4, 0.5) is 0 Å². The van der Waals surface area contributed by atoms with Crippen molar-refractivity contribution in [3.63, 3.8) is 0 Å². The minimum Gasteiger partial charge on any atom is -0.455 e. The lowest BCUT2D eigenvalue weighted by atomic mass is 9.85. The number of benzene rings is 5. The maximum absolute atomic E-state index is 6.36. The van der Waals surface area contributed by atoms with Crippen molar-refractivity contribution in [3.05, 3.63) is 119 Å². The Labute approximate surface area is 211 Å². The van der Waals surface area contributed by atoms with Crippen molar-refractivity contribution >= 4 is 21.9 Å². The van der Waals surface area contributed by atoms with Gasteiger partial charge in [-0.25, -0.2) is 0 Å². The highest BCUT2D eigenvalue weighted by molar-refractivity contribution is 6.09. The highest BCUT2D eigenvalue weighted by Crippen LogP contribution is 2.43. The molecule has 1 aromatic heterocycles. The van der Waals surface area contributed by atoms with Crippen molar-refractivity contribution in [2.24, 2.45) is 0 Å². The van der Waals surface area contributed by atoms with Crippen LogP contribution in [0, 0.1) is 0 Å². The van der Waals surface area contributed by atoms with Crippen molar-refractivity contribution in [2.45, 2.75) is 32.1 Å². The predicted octanol–water partition coefficient (Wildman–Crippen LogP) is 9.37. The highest BCUT2D eigenvalue weighted by Gasteiger charge is 2.22. The summed E-state index contributed by atoms with van der Waals surface area (Å²) in [5.41, 5.74) is 15.8. The molecule has 0 amide bonds. The zero-order valence-corrected chi connectivity index (χ0v) is 20.2. The zero-order valence-electron chi connectivity index (χ0n) is 20.2. The first kappa shape index (κ1) is 20.1. The molecule has 0 saturated carbocycles. The van der Waals surface area contributed by atoms with E-state index in [2.05, 4.69) is 91.0 Å². The molecule has 172 valence electrons. The van der Waals surface area contributed by atoms with Crippen molar-refractivity contribution in [2.75, 3.05) is 0 Å². The van der Waals surface area contributed by atoms with Gasteiger partial charge in [-0.05, 0) is 100 Å². The second kappa shape index (κ2) is 7.70. The Morgan fingerprint density at radius 3 is 2.06 bits per heavy atom. The summed E-state index contributed by atoms with van der Waals surface area (Å²) in [5, 5.41) is 2.36. The van der Waals surface area contributed by atoms with Crippen molar-refractivity contribution in [3.8, 4) is 33.4 Å². The normalized spacial score (nSPS) is 14.1. The SMILES string of the molecule is c1cc2c(c(-c3ccc4c(c3)-c3cc(-c5cccc6c5oc5ccccc56)ccc3C4)c1)CCCC2. The highest BCUT2D eigenvalue weighted by atomic mass is 16.3. The molecule has 0 atom stereocenters. The largest absolute Gasteiger partial charge is 0.455 e. The van der Waals surface area contributed by atoms with Crippen LogP contribution in [0.1, 0.15) is 35.1 Å². The lowest BCUT2D eigenvalue weighted by Crippen LogP contribution is -2.04. The third-order valence-electron chi connectivity index (χ3n) is 8.31. The smallest absolute Gasteiger partial charge is 0.143 e. The van der Waals surface area contributed by atoms with Crippen LogP contribution in [0.3, 0.4) is 0 Å². The Balaban J connectivity index is 1.27. The summed E-state index contributed by atoms with van der Waals surface area (Å²) in [7, 11) is 0. The molecule has 0 bridgehead atoms. The van der Waals surface area contributed by atoms with Gasteiger partial charge in [0.1, 0.15) is 11.2 Å². The van der Waals surface area contributed by atoms with Crippen LogP contribution in [0.5, 0.6) is 0 Å². The molecular formula is C35H26O. The van der Waals surface area contributed by atoms with Gasteiger partial charge in [-0.2, -0.15) is 0 Å². The Hall–Kier alpha value is -4.10. The van der Waals surface area contributed by atoms with Crippen molar-refractivity contribution in [1.82, 2.24) is 0 Å². The summed E-state index contributed by atoms with van der Waals surface area (Å²) in [6, 6.07) is 35.8. The first-order chi connectivity index (χ1) is 17.8. The quantitative estimate of drug-likeness (QED) is 0.249. The van der Waals surface area contributed by atoms with Gasteiger partial charge in [0.15, 0.2) is 0 Å². The van der Waals surface area contributed by atoms with E-state index in [0.29, 0.717) is 0 Å². The molecule has 0 radical (unpaired) electrons. The third kappa shape index (κ3) is 2.96. The molecule has 2 aliphatic rings. The molecule has 0 fully saturated rings. The number of hydrogen-bond donors (Lipinski definition) is 0. The van der Waals surface area contributed by atoms with E-state index in [1.54, 1.807) is 11.1 Å². The van der Waals surface area contributed by atoms with Gasteiger partial charge in [0, 0.05) is 16.3 Å². The minimum absolute atomic E-state index is 0.947. The molecule has 8 rings (SSSR count). The topological polar surface area (TPSA) is 13.1 Å². The number of hydrogen-bond acceptors (Lipinski definition) is 1. The number of rotatable bonds is 2. The van der Waals surface area contributed by atoms with E-state index in [9.17, 15) is 0 Å². The van der Waals surface area contributed by atoms with Gasteiger partial charge in [0.05, 0.1) is 0 Å². The fourth-order valence-corrected chi connectivity index (χ4v) is 6.53. The predicted molar refractivity (Wildman–Crippen MR) is 149 cm³/mol. The molecule has 1 heterocycles. The first-order valence-electron chi connectivity index (χ1n) is 13.1. The van der Waals surface area contributed by atoms with E-state index in [4.69, 9.17) is 4.42 Å². The van der Waals surface area contributed by atoms with Gasteiger partial charge < -0.3 is 4.42 Å². The number of aryl methyl sites for hydroxylation is 1. The molecule has 1 nitrogen and oxygen atoms in total. The Kier molecular flexibility index (Phi) is 4.30. The average molecular weight is 463 g/mol. The van der Waals surface area contributed by atoms with Crippen molar-refractivity contribution in [1.29, 1.82) is 0 Å². The number of fused-ring (bicyclic) bond motifs is 7. The van der Waals surface area contributed by atoms with E-state index >= 15 is 0 Å². The van der Waals surface area contributed by atoms with Crippen LogP contribution in [0.15, 0.2) is 101 Å². The molecule has 36 heavy (non-hydrogen) atoms. The van der Waals surface area contributed by atoms with Crippen LogP contribution in [-0.2, 0) is 19.3 Å². The molecule has 6 aromatic rings. The molecule has 2 aliphatic carbocycles. The van der Waals surface area contributed by atoms with Crippen LogP contribution in [-0.4, -0.2) is 0 Å². The fraction of sp³-hybridized carbons (Fsp3) is 0.143. The minimum atomic E-state index is 0.947. The lowest BCUT2D eigenvalue weighted by molar-refractivity contribution is 0.670. The van der Waals surface area contributed by atoms with E-state index < -0.39 is 0 Å². The number of furan rings is 1. The van der Waals surface area contributed by atoms with Gasteiger partial charge >= 0.3 is 0 Å². The fourth-order valence-electron chi connectivity index (χ4n) is 6.53. The second-order valence-electron chi connectivity index (χ2n) is 10.4. The molecule has 0 N–H and O–H groups in total. The second-order valence-corrected chi connectivity index (χ2v) is 10.4. The molecule has 5 aromatic carbocycles. The Morgan fingerprint density at radius 2 is 1.19 bits per heavy atom. The Bertz CT molecular complexity index is 1820. The maximum Gasteiger partial charge on any atom is 0.143 e. The van der Waals surface area contributed by atoms with Gasteiger partial charge in [-0.3, -0.25) is 0 Å². The summed E-state index contributed by atoms with van der Waals surface area (Å²) in [6.45, 7) is 0. The maximum atomic E-state index is 6.36. The molecular weight excluding hydrogens is 436 g/mol. The summed E-state index contributed by atoms with van der Waals surface area (Å²) in [6.07, 6.45) is 6.04. The van der Waals surface area contributed by atoms with Crippen LogP contribution in [0.2, 0.25) is 0 Å². The first-order valence-corrected chi connectivity index (χ1v) is 13.1. The number of para-hydroxylation sites is 2. The van der Waals surface area contributed by atoms with Crippen LogP contribution >= 0.6 is 0 Å². The summed E-state index contributed by atoms with van der Waals surface area (Å²) >= 11 is 0. The zero-order chi connectivity index (χ0) is 23.6. The van der Waals surface area contributed by atoms with E-state index in [-0.39, 0.29) is 0 Å². The van der Waals surface area contributed by atoms with Gasteiger partial charge in [-0.15, -0.1) is 0 Å². The summed E-state index contributed by atoms with van der Waals surface area (Å²) < 4.78 is 6.36. The average Bonchev–Trinajstić information content (AvgIpc) is 3.50. The molecule has 0 aliphatic heterocycles. The third-order valence-corrected chi connectivity index (χ3v) is 8.31. The van der Waals surface area contributed by atoms with Gasteiger partial charge in [-0.1, -0.05) is 78.9 Å². The molecule has 0 unspecified atom stereocenters. The molecule has 1 heteroatoms. The van der Waals surface area contributed by atoms with Crippen LogP contribution in [0.25, 0.3) is 55.3 Å². The van der Waals surface area contributed by atoms with E-state index in [1.807, 2.05) is 6.07 Å². The van der Waals surface area contributed by atoms with Crippen LogP contribution < -0.4 is 0 Å². The van der Waals surface area contributed by atoms with Gasteiger partial charge in [0.2, 0.25) is 0 Å². The monoisotopic (exact) mass is 462 g/mol. The lowest BCUT2D eigenvalue weighted by Gasteiger charge is -2.20. The van der Waals surface area contributed by atoms with E-state index in [0.717, 1.165) is 23.2 Å². The van der Waals surface area contributed by atoms with Gasteiger partial charge in [0.25, 0.3) is 0 Å². The summed E-state index contributed by atoms with van der Waals surface area (Å²) in [5.74, 6) is 0. The molecule has 0 spiro atoms.